The summed E-state index contributed by atoms with van der Waals surface area (Å²) in [5.41, 5.74) is 1.05. The normalized spacial score (nSPS) is 21.8. The molecule has 0 aliphatic heterocycles. The van der Waals surface area contributed by atoms with Gasteiger partial charge in [0, 0.05) is 12.2 Å². The lowest BCUT2D eigenvalue weighted by molar-refractivity contribution is 0.0932. The van der Waals surface area contributed by atoms with Gasteiger partial charge in [0.05, 0.1) is 5.56 Å². The quantitative estimate of drug-likeness (QED) is 0.853. The minimum absolute atomic E-state index is 0.00940. The van der Waals surface area contributed by atoms with Gasteiger partial charge in [-0.1, -0.05) is 13.8 Å². The molecule has 1 atom stereocenters. The van der Waals surface area contributed by atoms with Crippen LogP contribution >= 0.6 is 11.8 Å². The van der Waals surface area contributed by atoms with Gasteiger partial charge in [0.25, 0.3) is 5.91 Å². The topological polar surface area (TPSA) is 42.0 Å². The standard InChI is InChI=1S/C14H20N2OS/c1-14(2)7-6-10(9-14)16-12(17)11-5-4-8-15-13(11)18-3/h4-5,8,10H,6-7,9H2,1-3H3,(H,16,17). The Balaban J connectivity index is 2.04. The van der Waals surface area contributed by atoms with E-state index in [1.54, 1.807) is 6.20 Å². The second-order valence-corrected chi connectivity index (χ2v) is 6.43. The minimum atomic E-state index is 0.00940. The van der Waals surface area contributed by atoms with Crippen LogP contribution in [0.5, 0.6) is 0 Å². The van der Waals surface area contributed by atoms with Crippen molar-refractivity contribution in [2.75, 3.05) is 6.26 Å². The Bertz CT molecular complexity index is 445. The zero-order chi connectivity index (χ0) is 13.2. The lowest BCUT2D eigenvalue weighted by Gasteiger charge is -2.18. The van der Waals surface area contributed by atoms with Gasteiger partial charge in [-0.3, -0.25) is 4.79 Å². The molecule has 0 aromatic carbocycles. The maximum Gasteiger partial charge on any atom is 0.254 e. The Kier molecular flexibility index (Phi) is 3.95. The second kappa shape index (κ2) is 5.31. The van der Waals surface area contributed by atoms with Crippen LogP contribution in [0.15, 0.2) is 23.4 Å². The number of nitrogens with one attached hydrogen (secondary N) is 1. The van der Waals surface area contributed by atoms with Crippen LogP contribution in [0.2, 0.25) is 0 Å². The number of amides is 1. The Labute approximate surface area is 113 Å². The van der Waals surface area contributed by atoms with Crippen LogP contribution in [0.1, 0.15) is 43.5 Å². The Morgan fingerprint density at radius 3 is 2.94 bits per heavy atom. The van der Waals surface area contributed by atoms with Gasteiger partial charge in [-0.15, -0.1) is 11.8 Å². The summed E-state index contributed by atoms with van der Waals surface area (Å²) < 4.78 is 0. The highest BCUT2D eigenvalue weighted by atomic mass is 32.2. The molecule has 0 saturated heterocycles. The molecule has 1 amide bonds. The SMILES string of the molecule is CSc1ncccc1C(=O)NC1CCC(C)(C)C1. The number of thioether (sulfide) groups is 1. The molecule has 1 saturated carbocycles. The molecule has 18 heavy (non-hydrogen) atoms. The van der Waals surface area contributed by atoms with Crippen molar-refractivity contribution in [3.05, 3.63) is 23.9 Å². The number of carbonyl (C=O) groups excluding carboxylic acids is 1. The average Bonchev–Trinajstić information content (AvgIpc) is 2.68. The van der Waals surface area contributed by atoms with Gasteiger partial charge in [-0.05, 0) is 43.1 Å². The highest BCUT2D eigenvalue weighted by Gasteiger charge is 2.32. The summed E-state index contributed by atoms with van der Waals surface area (Å²) in [6.07, 6.45) is 6.99. The molecule has 1 fully saturated rings. The Morgan fingerprint density at radius 2 is 2.33 bits per heavy atom. The number of rotatable bonds is 3. The van der Waals surface area contributed by atoms with E-state index in [1.807, 2.05) is 18.4 Å². The summed E-state index contributed by atoms with van der Waals surface area (Å²) >= 11 is 1.51. The molecule has 3 nitrogen and oxygen atoms in total. The highest BCUT2D eigenvalue weighted by Crippen LogP contribution is 2.37. The summed E-state index contributed by atoms with van der Waals surface area (Å²) in [5, 5.41) is 3.93. The third kappa shape index (κ3) is 3.05. The number of hydrogen-bond acceptors (Lipinski definition) is 3. The van der Waals surface area contributed by atoms with Crippen molar-refractivity contribution in [3.63, 3.8) is 0 Å². The predicted molar refractivity (Wildman–Crippen MR) is 74.9 cm³/mol. The second-order valence-electron chi connectivity index (χ2n) is 5.64. The maximum atomic E-state index is 12.2. The minimum Gasteiger partial charge on any atom is -0.349 e. The summed E-state index contributed by atoms with van der Waals surface area (Å²) in [7, 11) is 0. The van der Waals surface area contributed by atoms with Crippen LogP contribution in [-0.2, 0) is 0 Å². The lowest BCUT2D eigenvalue weighted by Crippen LogP contribution is -2.33. The zero-order valence-electron chi connectivity index (χ0n) is 11.2. The number of hydrogen-bond donors (Lipinski definition) is 1. The highest BCUT2D eigenvalue weighted by molar-refractivity contribution is 7.98. The number of nitrogens with zero attached hydrogens (tertiary/aromatic N) is 1. The van der Waals surface area contributed by atoms with Gasteiger partial charge in [-0.25, -0.2) is 4.98 Å². The molecule has 1 unspecified atom stereocenters. The first-order valence-corrected chi connectivity index (χ1v) is 7.54. The van der Waals surface area contributed by atoms with E-state index in [9.17, 15) is 4.79 Å². The molecule has 0 spiro atoms. The predicted octanol–water partition coefficient (Wildman–Crippen LogP) is 3.11. The average molecular weight is 264 g/mol. The molecule has 4 heteroatoms. The fourth-order valence-corrected chi connectivity index (χ4v) is 3.10. The van der Waals surface area contributed by atoms with Crippen molar-refractivity contribution in [3.8, 4) is 0 Å². The molecule has 0 radical (unpaired) electrons. The smallest absolute Gasteiger partial charge is 0.254 e. The number of carbonyl (C=O) groups is 1. The first-order valence-electron chi connectivity index (χ1n) is 6.32. The molecule has 0 bridgehead atoms. The molecule has 1 N–H and O–H groups in total. The van der Waals surface area contributed by atoms with Gasteiger partial charge in [0.15, 0.2) is 0 Å². The van der Waals surface area contributed by atoms with Crippen LogP contribution in [-0.4, -0.2) is 23.2 Å². The molecule has 98 valence electrons. The fourth-order valence-electron chi connectivity index (χ4n) is 2.55. The van der Waals surface area contributed by atoms with Crippen LogP contribution in [0, 0.1) is 5.41 Å². The molecular weight excluding hydrogens is 244 g/mol. The van der Waals surface area contributed by atoms with Gasteiger partial charge >= 0.3 is 0 Å². The molecule has 1 aromatic rings. The van der Waals surface area contributed by atoms with Gasteiger partial charge in [0.2, 0.25) is 0 Å². The molecule has 1 heterocycles. The van der Waals surface area contributed by atoms with Crippen molar-refractivity contribution < 1.29 is 4.79 Å². The van der Waals surface area contributed by atoms with Crippen LogP contribution in [0.3, 0.4) is 0 Å². The van der Waals surface area contributed by atoms with Crippen LogP contribution < -0.4 is 5.32 Å². The van der Waals surface area contributed by atoms with E-state index in [0.29, 0.717) is 17.0 Å². The van der Waals surface area contributed by atoms with Crippen molar-refractivity contribution in [2.24, 2.45) is 5.41 Å². The zero-order valence-corrected chi connectivity index (χ0v) is 12.0. The largest absolute Gasteiger partial charge is 0.349 e. The van der Waals surface area contributed by atoms with Gasteiger partial charge < -0.3 is 5.32 Å². The fraction of sp³-hybridized carbons (Fsp3) is 0.571. The van der Waals surface area contributed by atoms with Gasteiger partial charge in [-0.2, -0.15) is 0 Å². The molecule has 1 aliphatic carbocycles. The Morgan fingerprint density at radius 1 is 1.56 bits per heavy atom. The lowest BCUT2D eigenvalue weighted by atomic mass is 9.92. The van der Waals surface area contributed by atoms with E-state index in [1.165, 1.54) is 18.2 Å². The summed E-state index contributed by atoms with van der Waals surface area (Å²) in [4.78, 5) is 16.5. The van der Waals surface area contributed by atoms with E-state index in [-0.39, 0.29) is 5.91 Å². The third-order valence-corrected chi connectivity index (χ3v) is 4.22. The molecule has 1 aromatic heterocycles. The molecule has 2 rings (SSSR count). The summed E-state index contributed by atoms with van der Waals surface area (Å²) in [6, 6.07) is 3.96. The van der Waals surface area contributed by atoms with Gasteiger partial charge in [0.1, 0.15) is 5.03 Å². The van der Waals surface area contributed by atoms with Crippen molar-refractivity contribution in [1.82, 2.24) is 10.3 Å². The van der Waals surface area contributed by atoms with Crippen LogP contribution in [0.25, 0.3) is 0 Å². The van der Waals surface area contributed by atoms with Crippen LogP contribution in [0.4, 0.5) is 0 Å². The molecular formula is C14H20N2OS. The first-order chi connectivity index (χ1) is 8.52. The number of pyridine rings is 1. The van der Waals surface area contributed by atoms with E-state index in [2.05, 4.69) is 24.1 Å². The summed E-state index contributed by atoms with van der Waals surface area (Å²) in [6.45, 7) is 4.52. The van der Waals surface area contributed by atoms with E-state index >= 15 is 0 Å². The van der Waals surface area contributed by atoms with E-state index in [4.69, 9.17) is 0 Å². The van der Waals surface area contributed by atoms with Crippen molar-refractivity contribution in [2.45, 2.75) is 44.2 Å². The first kappa shape index (κ1) is 13.4. The monoisotopic (exact) mass is 264 g/mol. The van der Waals surface area contributed by atoms with E-state index < -0.39 is 0 Å². The van der Waals surface area contributed by atoms with E-state index in [0.717, 1.165) is 17.9 Å². The third-order valence-electron chi connectivity index (χ3n) is 3.51. The van der Waals surface area contributed by atoms with Crippen molar-refractivity contribution in [1.29, 1.82) is 0 Å². The maximum absolute atomic E-state index is 12.2. The Hall–Kier alpha value is -1.03. The summed E-state index contributed by atoms with van der Waals surface area (Å²) in [5.74, 6) is 0.00940. The number of aromatic nitrogens is 1. The van der Waals surface area contributed by atoms with Crippen molar-refractivity contribution >= 4 is 17.7 Å². The molecule has 1 aliphatic rings.